The number of likely N-dealkylation sites (N-methyl/N-ethyl adjacent to an activating group) is 1. The Bertz CT molecular complexity index is 1020. The van der Waals surface area contributed by atoms with Gasteiger partial charge >= 0.3 is 0 Å². The topological polar surface area (TPSA) is 86.1 Å². The average Bonchev–Trinajstić information content (AvgIpc) is 2.67. The van der Waals surface area contributed by atoms with Gasteiger partial charge < -0.3 is 10.2 Å². The van der Waals surface area contributed by atoms with E-state index in [1.54, 1.807) is 7.05 Å². The third-order valence-corrected chi connectivity index (χ3v) is 6.12. The minimum Gasteiger partial charge on any atom is -0.336 e. The third kappa shape index (κ3) is 5.39. The normalized spacial score (nSPS) is 10.5. The number of amides is 2. The van der Waals surface area contributed by atoms with Gasteiger partial charge in [-0.3, -0.25) is 9.59 Å². The molecule has 0 aliphatic rings. The number of nitrogens with zero attached hydrogens (tertiary/aromatic N) is 3. The number of aromatic nitrogens is 1. The SMILES string of the molecule is Cc1cc(C)c(NC(=O)CN(C)C(=O)CSc2nc(C)c(C)c(C)c2C#N)c(C)c1. The van der Waals surface area contributed by atoms with Crippen molar-refractivity contribution in [2.24, 2.45) is 0 Å². The van der Waals surface area contributed by atoms with Crippen LogP contribution in [0.3, 0.4) is 0 Å². The van der Waals surface area contributed by atoms with Crippen LogP contribution in [0.25, 0.3) is 0 Å². The van der Waals surface area contributed by atoms with Crippen molar-refractivity contribution in [2.75, 3.05) is 24.7 Å². The standard InChI is InChI=1S/C23H28N4O2S/c1-13-8-14(2)22(15(3)9-13)26-20(28)11-27(7)21(29)12-30-23-19(10-24)17(5)16(4)18(6)25-23/h8-9H,11-12H2,1-7H3,(H,26,28). The molecule has 158 valence electrons. The van der Waals surface area contributed by atoms with Gasteiger partial charge in [-0.05, 0) is 63.8 Å². The van der Waals surface area contributed by atoms with E-state index < -0.39 is 0 Å². The highest BCUT2D eigenvalue weighted by molar-refractivity contribution is 8.00. The predicted molar refractivity (Wildman–Crippen MR) is 121 cm³/mol. The number of nitrogens with one attached hydrogen (secondary N) is 1. The van der Waals surface area contributed by atoms with E-state index in [0.717, 1.165) is 39.2 Å². The zero-order chi connectivity index (χ0) is 22.6. The van der Waals surface area contributed by atoms with Crippen molar-refractivity contribution in [3.05, 3.63) is 51.2 Å². The first-order chi connectivity index (χ1) is 14.0. The second kappa shape index (κ2) is 9.77. The summed E-state index contributed by atoms with van der Waals surface area (Å²) in [4.78, 5) is 30.8. The molecule has 7 heteroatoms. The van der Waals surface area contributed by atoms with E-state index >= 15 is 0 Å². The van der Waals surface area contributed by atoms with E-state index in [0.29, 0.717) is 10.6 Å². The maximum absolute atomic E-state index is 12.5. The number of aryl methyl sites for hydroxylation is 4. The summed E-state index contributed by atoms with van der Waals surface area (Å²) in [7, 11) is 1.60. The average molecular weight is 425 g/mol. The first kappa shape index (κ1) is 23.4. The molecule has 2 aromatic rings. The number of carbonyl (C=O) groups is 2. The van der Waals surface area contributed by atoms with Crippen LogP contribution >= 0.6 is 11.8 Å². The molecule has 0 bridgehead atoms. The van der Waals surface area contributed by atoms with Crippen LogP contribution in [-0.4, -0.2) is 41.0 Å². The van der Waals surface area contributed by atoms with Crippen molar-refractivity contribution in [2.45, 2.75) is 46.6 Å². The van der Waals surface area contributed by atoms with E-state index in [9.17, 15) is 14.9 Å². The molecule has 0 saturated carbocycles. The molecule has 2 amide bonds. The number of anilines is 1. The van der Waals surface area contributed by atoms with Gasteiger partial charge in [-0.15, -0.1) is 0 Å². The van der Waals surface area contributed by atoms with Crippen molar-refractivity contribution >= 4 is 29.3 Å². The van der Waals surface area contributed by atoms with E-state index in [1.807, 2.05) is 53.7 Å². The van der Waals surface area contributed by atoms with Gasteiger partial charge in [0.05, 0.1) is 17.9 Å². The van der Waals surface area contributed by atoms with Gasteiger partial charge in [0, 0.05) is 18.4 Å². The second-order valence-electron chi connectivity index (χ2n) is 7.60. The van der Waals surface area contributed by atoms with Crippen LogP contribution in [0.4, 0.5) is 5.69 Å². The van der Waals surface area contributed by atoms with Crippen molar-refractivity contribution in [1.29, 1.82) is 5.26 Å². The molecule has 0 atom stereocenters. The fraction of sp³-hybridized carbons (Fsp3) is 0.391. The van der Waals surface area contributed by atoms with Gasteiger partial charge in [0.15, 0.2) is 0 Å². The molecule has 0 spiro atoms. The smallest absolute Gasteiger partial charge is 0.243 e. The van der Waals surface area contributed by atoms with Crippen LogP contribution in [0.2, 0.25) is 0 Å². The zero-order valence-corrected chi connectivity index (χ0v) is 19.5. The lowest BCUT2D eigenvalue weighted by molar-refractivity contribution is -0.131. The molecular weight excluding hydrogens is 396 g/mol. The lowest BCUT2D eigenvalue weighted by Gasteiger charge is -2.18. The lowest BCUT2D eigenvalue weighted by atomic mass is 10.1. The predicted octanol–water partition coefficient (Wildman–Crippen LogP) is 3.99. The molecule has 0 saturated heterocycles. The van der Waals surface area contributed by atoms with Crippen molar-refractivity contribution < 1.29 is 9.59 Å². The molecule has 1 aromatic heterocycles. The molecule has 0 unspecified atom stereocenters. The van der Waals surface area contributed by atoms with Crippen LogP contribution in [0, 0.1) is 52.9 Å². The van der Waals surface area contributed by atoms with Gasteiger partial charge in [-0.1, -0.05) is 29.5 Å². The Labute approximate surface area is 182 Å². The summed E-state index contributed by atoms with van der Waals surface area (Å²) in [6, 6.07) is 6.21. The van der Waals surface area contributed by atoms with Gasteiger partial charge in [0.25, 0.3) is 0 Å². The first-order valence-corrected chi connectivity index (χ1v) is 10.7. The summed E-state index contributed by atoms with van der Waals surface area (Å²) in [6.45, 7) is 11.6. The fourth-order valence-corrected chi connectivity index (χ4v) is 4.27. The minimum atomic E-state index is -0.247. The molecule has 0 aliphatic carbocycles. The summed E-state index contributed by atoms with van der Waals surface area (Å²) >= 11 is 1.23. The van der Waals surface area contributed by atoms with Crippen LogP contribution in [0.1, 0.15) is 39.1 Å². The Balaban J connectivity index is 2.01. The highest BCUT2D eigenvalue weighted by atomic mass is 32.2. The van der Waals surface area contributed by atoms with Gasteiger partial charge in [0.2, 0.25) is 11.8 Å². The number of rotatable bonds is 6. The lowest BCUT2D eigenvalue weighted by Crippen LogP contribution is -2.36. The number of carbonyl (C=O) groups excluding carboxylic acids is 2. The molecule has 0 radical (unpaired) electrons. The number of pyridine rings is 1. The van der Waals surface area contributed by atoms with Crippen LogP contribution in [0.15, 0.2) is 17.2 Å². The summed E-state index contributed by atoms with van der Waals surface area (Å²) in [5, 5.41) is 12.9. The molecule has 0 aliphatic heterocycles. The third-order valence-electron chi connectivity index (χ3n) is 5.16. The van der Waals surface area contributed by atoms with Crippen molar-refractivity contribution in [3.8, 4) is 6.07 Å². The second-order valence-corrected chi connectivity index (χ2v) is 8.56. The Morgan fingerprint density at radius 1 is 1.10 bits per heavy atom. The molecular formula is C23H28N4O2S. The molecule has 0 fully saturated rings. The van der Waals surface area contributed by atoms with Gasteiger partial charge in [-0.25, -0.2) is 4.98 Å². The van der Waals surface area contributed by atoms with Gasteiger partial charge in [-0.2, -0.15) is 5.26 Å². The summed E-state index contributed by atoms with van der Waals surface area (Å²) in [6.07, 6.45) is 0. The van der Waals surface area contributed by atoms with E-state index in [1.165, 1.54) is 16.7 Å². The van der Waals surface area contributed by atoms with Gasteiger partial charge in [0.1, 0.15) is 11.1 Å². The number of hydrogen-bond donors (Lipinski definition) is 1. The Kier molecular flexibility index (Phi) is 7.63. The van der Waals surface area contributed by atoms with Crippen molar-refractivity contribution in [3.63, 3.8) is 0 Å². The number of nitriles is 1. The monoisotopic (exact) mass is 424 g/mol. The highest BCUT2D eigenvalue weighted by Gasteiger charge is 2.18. The minimum absolute atomic E-state index is 0.0450. The number of benzene rings is 1. The largest absolute Gasteiger partial charge is 0.336 e. The summed E-state index contributed by atoms with van der Waals surface area (Å²) in [5.41, 5.74) is 7.12. The Morgan fingerprint density at radius 3 is 2.27 bits per heavy atom. The summed E-state index contributed by atoms with van der Waals surface area (Å²) < 4.78 is 0. The van der Waals surface area contributed by atoms with Crippen LogP contribution < -0.4 is 5.32 Å². The Hall–Kier alpha value is -2.85. The number of thioether (sulfide) groups is 1. The maximum Gasteiger partial charge on any atom is 0.243 e. The van der Waals surface area contributed by atoms with E-state index in [-0.39, 0.29) is 24.1 Å². The fourth-order valence-electron chi connectivity index (χ4n) is 3.25. The van der Waals surface area contributed by atoms with E-state index in [2.05, 4.69) is 16.4 Å². The molecule has 1 heterocycles. The van der Waals surface area contributed by atoms with Crippen LogP contribution in [-0.2, 0) is 9.59 Å². The summed E-state index contributed by atoms with van der Waals surface area (Å²) in [5.74, 6) is -0.339. The number of hydrogen-bond acceptors (Lipinski definition) is 5. The zero-order valence-electron chi connectivity index (χ0n) is 18.6. The Morgan fingerprint density at radius 2 is 1.70 bits per heavy atom. The van der Waals surface area contributed by atoms with E-state index in [4.69, 9.17) is 0 Å². The molecule has 2 rings (SSSR count). The van der Waals surface area contributed by atoms with Crippen molar-refractivity contribution in [1.82, 2.24) is 9.88 Å². The molecule has 30 heavy (non-hydrogen) atoms. The molecule has 6 nitrogen and oxygen atoms in total. The molecule has 1 aromatic carbocycles. The maximum atomic E-state index is 12.5. The quantitative estimate of drug-likeness (QED) is 0.709. The first-order valence-electron chi connectivity index (χ1n) is 9.67. The molecule has 1 N–H and O–H groups in total. The highest BCUT2D eigenvalue weighted by Crippen LogP contribution is 2.26. The van der Waals surface area contributed by atoms with Crippen LogP contribution in [0.5, 0.6) is 0 Å².